The molecule has 0 fully saturated rings. The van der Waals surface area contributed by atoms with Crippen LogP contribution in [0.4, 0.5) is 0 Å². The van der Waals surface area contributed by atoms with Crippen molar-refractivity contribution in [3.63, 3.8) is 0 Å². The van der Waals surface area contributed by atoms with Gasteiger partial charge in [0.15, 0.2) is 0 Å². The predicted octanol–water partition coefficient (Wildman–Crippen LogP) is 6.21. The molecule has 0 aromatic carbocycles. The van der Waals surface area contributed by atoms with Crippen molar-refractivity contribution in [3.8, 4) is 0 Å². The van der Waals surface area contributed by atoms with E-state index in [1.54, 1.807) is 18.4 Å². The van der Waals surface area contributed by atoms with E-state index in [-0.39, 0.29) is 0 Å². The van der Waals surface area contributed by atoms with E-state index >= 15 is 0 Å². The van der Waals surface area contributed by atoms with Crippen LogP contribution in [0.5, 0.6) is 0 Å². The zero-order valence-corrected chi connectivity index (χ0v) is 13.0. The summed E-state index contributed by atoms with van der Waals surface area (Å²) in [5.74, 6) is 0. The fourth-order valence-electron chi connectivity index (χ4n) is 0.241. The summed E-state index contributed by atoms with van der Waals surface area (Å²) in [6, 6.07) is 0. The summed E-state index contributed by atoms with van der Waals surface area (Å²) in [6.45, 7) is 23.9. The quantitative estimate of drug-likeness (QED) is 0.308. The highest BCUT2D eigenvalue weighted by Crippen LogP contribution is 1.64. The van der Waals surface area contributed by atoms with Gasteiger partial charge in [0.2, 0.25) is 0 Å². The highest BCUT2D eigenvalue weighted by atomic mass is 14.6. The minimum Gasteiger partial charge on any atom is -0.270 e. The normalized spacial score (nSPS) is 6.76. The molecule has 0 amide bonds. The minimum absolute atomic E-state index is 1.50. The highest BCUT2D eigenvalue weighted by molar-refractivity contribution is 5.53. The first-order valence-corrected chi connectivity index (χ1v) is 6.14. The Morgan fingerprint density at radius 1 is 0.824 bits per heavy atom. The van der Waals surface area contributed by atoms with Crippen molar-refractivity contribution in [2.45, 2.75) is 48.5 Å². The van der Waals surface area contributed by atoms with Gasteiger partial charge in [-0.25, -0.2) is 0 Å². The third-order valence-corrected chi connectivity index (χ3v) is 0.583. The van der Waals surface area contributed by atoms with Crippen molar-refractivity contribution >= 4 is 6.21 Å². The summed E-state index contributed by atoms with van der Waals surface area (Å²) in [6.07, 6.45) is 10.5. The second-order valence-electron chi connectivity index (χ2n) is 1.76. The SMILES string of the molecule is C=C/C=C\C.C=CC.C=CN=CC.CC.CC. The molecular weight excluding hydrogens is 206 g/mol. The van der Waals surface area contributed by atoms with Gasteiger partial charge in [-0.2, -0.15) is 0 Å². The molecule has 0 atom stereocenters. The molecule has 0 aromatic heterocycles. The molecule has 1 heteroatoms. The zero-order chi connectivity index (χ0) is 14.9. The summed E-state index contributed by atoms with van der Waals surface area (Å²) < 4.78 is 0. The monoisotopic (exact) mass is 239 g/mol. The molecule has 0 aliphatic carbocycles. The second kappa shape index (κ2) is 85.7. The summed E-state index contributed by atoms with van der Waals surface area (Å²) in [4.78, 5) is 3.61. The minimum atomic E-state index is 1.50. The number of nitrogens with zero attached hydrogens (tertiary/aromatic N) is 1. The first kappa shape index (κ1) is 29.6. The fourth-order valence-corrected chi connectivity index (χ4v) is 0.241. The van der Waals surface area contributed by atoms with E-state index in [0.29, 0.717) is 0 Å². The van der Waals surface area contributed by atoms with Crippen molar-refractivity contribution in [1.29, 1.82) is 0 Å². The molecule has 0 rings (SSSR count). The van der Waals surface area contributed by atoms with Crippen LogP contribution in [-0.2, 0) is 0 Å². The molecule has 0 heterocycles. The molecule has 0 saturated heterocycles. The number of allylic oxidation sites excluding steroid dienone is 4. The maximum Gasteiger partial charge on any atom is 0.0191 e. The van der Waals surface area contributed by atoms with Gasteiger partial charge >= 0.3 is 0 Å². The van der Waals surface area contributed by atoms with Gasteiger partial charge < -0.3 is 0 Å². The van der Waals surface area contributed by atoms with E-state index in [0.717, 1.165) is 0 Å². The molecule has 0 spiro atoms. The van der Waals surface area contributed by atoms with Gasteiger partial charge in [-0.15, -0.1) is 6.58 Å². The molecule has 0 aromatic rings. The molecule has 17 heavy (non-hydrogen) atoms. The highest BCUT2D eigenvalue weighted by Gasteiger charge is 1.42. The van der Waals surface area contributed by atoms with Crippen molar-refractivity contribution in [1.82, 2.24) is 0 Å². The maximum atomic E-state index is 3.61. The van der Waals surface area contributed by atoms with E-state index in [4.69, 9.17) is 0 Å². The van der Waals surface area contributed by atoms with Gasteiger partial charge in [-0.3, -0.25) is 4.99 Å². The van der Waals surface area contributed by atoms with Crippen LogP contribution in [0.1, 0.15) is 48.5 Å². The fraction of sp³-hybridized carbons (Fsp3) is 0.438. The third-order valence-electron chi connectivity index (χ3n) is 0.583. The Balaban J connectivity index is -0.0000000377. The Morgan fingerprint density at radius 2 is 1.18 bits per heavy atom. The lowest BCUT2D eigenvalue weighted by atomic mass is 10.5. The van der Waals surface area contributed by atoms with Gasteiger partial charge in [-0.1, -0.05) is 65.2 Å². The van der Waals surface area contributed by atoms with Crippen molar-refractivity contribution < 1.29 is 0 Å². The molecule has 0 aliphatic rings. The first-order chi connectivity index (χ1) is 8.24. The lowest BCUT2D eigenvalue weighted by molar-refractivity contribution is 1.50. The van der Waals surface area contributed by atoms with Crippen LogP contribution in [0.3, 0.4) is 0 Å². The summed E-state index contributed by atoms with van der Waals surface area (Å²) in [7, 11) is 0. The van der Waals surface area contributed by atoms with Crippen LogP contribution in [0, 0.1) is 0 Å². The van der Waals surface area contributed by atoms with E-state index < -0.39 is 0 Å². The number of rotatable bonds is 2. The molecule has 0 N–H and O–H groups in total. The van der Waals surface area contributed by atoms with Crippen LogP contribution in [0.2, 0.25) is 0 Å². The predicted molar refractivity (Wildman–Crippen MR) is 87.9 cm³/mol. The van der Waals surface area contributed by atoms with Gasteiger partial charge in [0, 0.05) is 12.4 Å². The van der Waals surface area contributed by atoms with Gasteiger partial charge in [0.1, 0.15) is 0 Å². The largest absolute Gasteiger partial charge is 0.270 e. The molecule has 0 unspecified atom stereocenters. The van der Waals surface area contributed by atoms with Gasteiger partial charge in [0.25, 0.3) is 0 Å². The van der Waals surface area contributed by atoms with E-state index in [9.17, 15) is 0 Å². The summed E-state index contributed by atoms with van der Waals surface area (Å²) >= 11 is 0. The smallest absolute Gasteiger partial charge is 0.0191 e. The average molecular weight is 239 g/mol. The number of hydrogen-bond donors (Lipinski definition) is 0. The third kappa shape index (κ3) is 337. The average Bonchev–Trinajstić information content (AvgIpc) is 2.38. The van der Waals surface area contributed by atoms with Gasteiger partial charge in [-0.05, 0) is 20.8 Å². The molecule has 102 valence electrons. The lowest BCUT2D eigenvalue weighted by Crippen LogP contribution is -1.46. The Labute approximate surface area is 110 Å². The zero-order valence-electron chi connectivity index (χ0n) is 13.0. The maximum absolute atomic E-state index is 3.61. The van der Waals surface area contributed by atoms with Crippen molar-refractivity contribution in [3.05, 3.63) is 50.2 Å². The molecule has 0 radical (unpaired) electrons. The van der Waals surface area contributed by atoms with E-state index in [1.807, 2.05) is 60.6 Å². The lowest BCUT2D eigenvalue weighted by Gasteiger charge is -1.58. The van der Waals surface area contributed by atoms with Crippen LogP contribution in [-0.4, -0.2) is 6.21 Å². The van der Waals surface area contributed by atoms with Gasteiger partial charge in [0.05, 0.1) is 0 Å². The molecule has 1 nitrogen and oxygen atoms in total. The Hall–Kier alpha value is -1.37. The van der Waals surface area contributed by atoms with Crippen molar-refractivity contribution in [2.24, 2.45) is 4.99 Å². The summed E-state index contributed by atoms with van der Waals surface area (Å²) in [5.41, 5.74) is 0. The Morgan fingerprint density at radius 3 is 1.18 bits per heavy atom. The second-order valence-corrected chi connectivity index (χ2v) is 1.76. The Bertz CT molecular complexity index is 137. The Kier molecular flexibility index (Phi) is 149. The van der Waals surface area contributed by atoms with Crippen LogP contribution in [0.25, 0.3) is 0 Å². The topological polar surface area (TPSA) is 12.4 Å². The standard InChI is InChI=1S/C5H8.C4H7N.C3H6.2C2H6/c2*1-3-5-4-2;1-3-2;2*1-2/h3-5H,1H2,2H3;3-4H,1H2,2H3;3H,1H2,2H3;2*1-2H3/b5-4-;;;;. The molecular formula is C16H33N. The number of aliphatic imine (C=N–C) groups is 1. The summed E-state index contributed by atoms with van der Waals surface area (Å²) in [5, 5.41) is 0. The molecule has 0 bridgehead atoms. The molecule has 0 saturated carbocycles. The van der Waals surface area contributed by atoms with E-state index in [2.05, 4.69) is 24.7 Å². The van der Waals surface area contributed by atoms with Crippen LogP contribution in [0.15, 0.2) is 55.2 Å². The van der Waals surface area contributed by atoms with Crippen molar-refractivity contribution in [2.75, 3.05) is 0 Å². The van der Waals surface area contributed by atoms with Crippen LogP contribution < -0.4 is 0 Å². The first-order valence-electron chi connectivity index (χ1n) is 6.14. The molecule has 0 aliphatic heterocycles. The number of hydrogen-bond acceptors (Lipinski definition) is 1. The van der Waals surface area contributed by atoms with Crippen LogP contribution >= 0.6 is 0 Å². The van der Waals surface area contributed by atoms with E-state index in [1.165, 1.54) is 6.20 Å².